The first kappa shape index (κ1) is 29.8. The van der Waals surface area contributed by atoms with E-state index < -0.39 is 39.1 Å². The van der Waals surface area contributed by atoms with E-state index in [-0.39, 0.29) is 20.7 Å². The van der Waals surface area contributed by atoms with Gasteiger partial charge < -0.3 is 5.32 Å². The van der Waals surface area contributed by atoms with Crippen molar-refractivity contribution in [1.29, 1.82) is 0 Å². The first-order valence-electron chi connectivity index (χ1n) is 13.6. The summed E-state index contributed by atoms with van der Waals surface area (Å²) < 4.78 is 83.1. The highest BCUT2D eigenvalue weighted by atomic mass is 32.2. The van der Waals surface area contributed by atoms with E-state index in [0.29, 0.717) is 16.7 Å². The van der Waals surface area contributed by atoms with E-state index in [4.69, 9.17) is 0 Å². The number of carbonyl (C=O) groups is 1. The fourth-order valence-corrected chi connectivity index (χ4v) is 6.78. The Bertz CT molecular complexity index is 2020. The molecule has 0 bridgehead atoms. The lowest BCUT2D eigenvalue weighted by Crippen LogP contribution is -2.38. The van der Waals surface area contributed by atoms with Gasteiger partial charge in [-0.3, -0.25) is 4.79 Å². The van der Waals surface area contributed by atoms with Crippen molar-refractivity contribution in [3.8, 4) is 0 Å². The third-order valence-electron chi connectivity index (χ3n) is 7.45. The molecule has 11 heteroatoms. The zero-order chi connectivity index (χ0) is 31.8. The molecule has 0 saturated heterocycles. The third kappa shape index (κ3) is 5.25. The van der Waals surface area contributed by atoms with Crippen LogP contribution in [0.3, 0.4) is 0 Å². The van der Waals surface area contributed by atoms with Gasteiger partial charge in [0.2, 0.25) is 9.84 Å². The molecule has 5 aromatic carbocycles. The number of carbonyl (C=O) groups excluding carboxylic acids is 1. The lowest BCUT2D eigenvalue weighted by Gasteiger charge is -2.37. The van der Waals surface area contributed by atoms with Crippen molar-refractivity contribution in [2.75, 3.05) is 5.32 Å². The predicted molar refractivity (Wildman–Crippen MR) is 161 cm³/mol. The van der Waals surface area contributed by atoms with Gasteiger partial charge in [0.05, 0.1) is 15.3 Å². The van der Waals surface area contributed by atoms with Crippen molar-refractivity contribution in [3.05, 3.63) is 156 Å². The van der Waals surface area contributed by atoms with Gasteiger partial charge in [-0.1, -0.05) is 97.1 Å². The Kier molecular flexibility index (Phi) is 7.49. The molecule has 1 amide bonds. The molecule has 0 atom stereocenters. The molecule has 0 aliphatic rings. The van der Waals surface area contributed by atoms with Crippen LogP contribution in [0.1, 0.15) is 16.7 Å². The zero-order valence-corrected chi connectivity index (χ0v) is 24.1. The highest BCUT2D eigenvalue weighted by Gasteiger charge is 2.43. The van der Waals surface area contributed by atoms with Crippen LogP contribution in [0, 0.1) is 5.82 Å². The molecule has 6 aromatic rings. The Hall–Kier alpha value is -5.29. The van der Waals surface area contributed by atoms with Crippen LogP contribution in [0.15, 0.2) is 143 Å². The summed E-state index contributed by atoms with van der Waals surface area (Å²) in [7, 11) is -4.32. The second-order valence-corrected chi connectivity index (χ2v) is 12.1. The first-order chi connectivity index (χ1) is 21.5. The van der Waals surface area contributed by atoms with Crippen LogP contribution in [-0.4, -0.2) is 30.3 Å². The van der Waals surface area contributed by atoms with Crippen molar-refractivity contribution < 1.29 is 30.8 Å². The Morgan fingerprint density at radius 3 is 1.67 bits per heavy atom. The maximum absolute atomic E-state index is 14.0. The molecule has 0 saturated carbocycles. The molecule has 1 aromatic heterocycles. The lowest BCUT2D eigenvalue weighted by atomic mass is 9.77. The summed E-state index contributed by atoms with van der Waals surface area (Å²) in [6.07, 6.45) is -5.25. The highest BCUT2D eigenvalue weighted by molar-refractivity contribution is 7.91. The maximum atomic E-state index is 14.0. The quantitative estimate of drug-likeness (QED) is 0.148. The van der Waals surface area contributed by atoms with Crippen LogP contribution >= 0.6 is 0 Å². The number of aromatic nitrogens is 2. The number of halogens is 4. The average Bonchev–Trinajstić information content (AvgIpc) is 3.40. The Balaban J connectivity index is 1.71. The Labute approximate surface area is 255 Å². The molecule has 0 unspecified atom stereocenters. The predicted octanol–water partition coefficient (Wildman–Crippen LogP) is 7.35. The van der Waals surface area contributed by atoms with Crippen LogP contribution in [-0.2, 0) is 20.2 Å². The van der Waals surface area contributed by atoms with Gasteiger partial charge in [-0.05, 0) is 53.1 Å². The number of hydrogen-bond acceptors (Lipinski definition) is 4. The molecular weight excluding hydrogens is 606 g/mol. The van der Waals surface area contributed by atoms with Gasteiger partial charge in [-0.2, -0.15) is 18.3 Å². The van der Waals surface area contributed by atoms with Gasteiger partial charge in [0.25, 0.3) is 0 Å². The van der Waals surface area contributed by atoms with Crippen LogP contribution < -0.4 is 5.32 Å². The minimum Gasteiger partial charge on any atom is -0.301 e. The summed E-state index contributed by atoms with van der Waals surface area (Å²) in [5.74, 6) is -3.56. The second-order valence-electron chi connectivity index (χ2n) is 10.2. The monoisotopic (exact) mass is 629 g/mol. The fraction of sp³-hybridized carbons (Fsp3) is 0.0588. The summed E-state index contributed by atoms with van der Waals surface area (Å²) in [6.45, 7) is 0. The number of alkyl halides is 3. The van der Waals surface area contributed by atoms with Crippen LogP contribution in [0.5, 0.6) is 0 Å². The molecular formula is C34H23F4N3O3S. The van der Waals surface area contributed by atoms with Gasteiger partial charge >= 0.3 is 12.1 Å². The van der Waals surface area contributed by atoms with Gasteiger partial charge in [-0.15, -0.1) is 0 Å². The van der Waals surface area contributed by atoms with Crippen LogP contribution in [0.25, 0.3) is 10.9 Å². The van der Waals surface area contributed by atoms with E-state index in [2.05, 4.69) is 5.10 Å². The molecule has 6 nitrogen and oxygen atoms in total. The van der Waals surface area contributed by atoms with E-state index in [0.717, 1.165) is 18.2 Å². The van der Waals surface area contributed by atoms with Gasteiger partial charge in [0.1, 0.15) is 11.4 Å². The van der Waals surface area contributed by atoms with Crippen molar-refractivity contribution in [3.63, 3.8) is 0 Å². The molecule has 1 N–H and O–H groups in total. The molecule has 45 heavy (non-hydrogen) atoms. The minimum atomic E-state index is -5.25. The normalized spacial score (nSPS) is 12.3. The summed E-state index contributed by atoms with van der Waals surface area (Å²) in [5.41, 5.74) is 1.000. The molecule has 0 fully saturated rings. The van der Waals surface area contributed by atoms with E-state index in [1.54, 1.807) is 0 Å². The molecule has 0 aliphatic heterocycles. The number of amides is 1. The molecule has 1 heterocycles. The largest absolute Gasteiger partial charge is 0.471 e. The van der Waals surface area contributed by atoms with Gasteiger partial charge in [0, 0.05) is 5.39 Å². The first-order valence-corrected chi connectivity index (χ1v) is 15.1. The van der Waals surface area contributed by atoms with E-state index >= 15 is 0 Å². The number of nitrogens with zero attached hydrogens (tertiary/aromatic N) is 2. The number of benzene rings is 5. The van der Waals surface area contributed by atoms with Crippen molar-refractivity contribution in [1.82, 2.24) is 9.78 Å². The number of anilines is 1. The fourth-order valence-electron chi connectivity index (χ4n) is 5.47. The topological polar surface area (TPSA) is 81.1 Å². The molecule has 226 valence electrons. The average molecular weight is 630 g/mol. The molecule has 0 radical (unpaired) electrons. The van der Waals surface area contributed by atoms with Crippen molar-refractivity contribution in [2.24, 2.45) is 0 Å². The van der Waals surface area contributed by atoms with Crippen LogP contribution in [0.4, 0.5) is 23.4 Å². The molecule has 0 spiro atoms. The third-order valence-corrected chi connectivity index (χ3v) is 9.20. The second kappa shape index (κ2) is 11.3. The lowest BCUT2D eigenvalue weighted by molar-refractivity contribution is -0.167. The van der Waals surface area contributed by atoms with Crippen LogP contribution in [0.2, 0.25) is 0 Å². The van der Waals surface area contributed by atoms with E-state index in [9.17, 15) is 30.8 Å². The van der Waals surface area contributed by atoms with E-state index in [1.807, 2.05) is 96.3 Å². The smallest absolute Gasteiger partial charge is 0.301 e. The number of sulfone groups is 1. The maximum Gasteiger partial charge on any atom is 0.471 e. The van der Waals surface area contributed by atoms with Crippen molar-refractivity contribution >= 4 is 32.5 Å². The Morgan fingerprint density at radius 1 is 0.667 bits per heavy atom. The summed E-state index contributed by atoms with van der Waals surface area (Å²) in [5, 5.41) is 6.36. The number of fused-ring (bicyclic) bond motifs is 1. The standard InChI is InChI=1S/C34H23F4N3O3S/c35-26-17-10-18-27(21-26)45(43,44)28-19-20-30-29(22-28)31(39-32(42)34(36,37)38)40-41(30)33(23-11-4-1-5-12-23,24-13-6-2-7-14-24)25-15-8-3-9-16-25/h1-22H,(H,39,40,42). The van der Waals surface area contributed by atoms with E-state index in [1.165, 1.54) is 28.9 Å². The highest BCUT2D eigenvalue weighted by Crippen LogP contribution is 2.44. The summed E-state index contributed by atoms with van der Waals surface area (Å²) in [6, 6.07) is 35.7. The minimum absolute atomic E-state index is 0.0720. The van der Waals surface area contributed by atoms with Crippen molar-refractivity contribution in [2.45, 2.75) is 21.5 Å². The van der Waals surface area contributed by atoms with Gasteiger partial charge in [-0.25, -0.2) is 17.5 Å². The number of nitrogens with one attached hydrogen (secondary N) is 1. The SMILES string of the molecule is O=C(Nc1nn(C(c2ccccc2)(c2ccccc2)c2ccccc2)c2ccc(S(=O)(=O)c3cccc(F)c3)cc12)C(F)(F)F. The summed E-state index contributed by atoms with van der Waals surface area (Å²) in [4.78, 5) is 11.6. The summed E-state index contributed by atoms with van der Waals surface area (Å²) >= 11 is 0. The Morgan fingerprint density at radius 2 is 1.18 bits per heavy atom. The van der Waals surface area contributed by atoms with Gasteiger partial charge in [0.15, 0.2) is 5.82 Å². The number of rotatable bonds is 7. The zero-order valence-electron chi connectivity index (χ0n) is 23.2. The molecule has 0 aliphatic carbocycles. The number of hydrogen-bond donors (Lipinski definition) is 1. The molecule has 6 rings (SSSR count).